The summed E-state index contributed by atoms with van der Waals surface area (Å²) in [5, 5.41) is 10.3. The third-order valence-electron chi connectivity index (χ3n) is 3.82. The van der Waals surface area contributed by atoms with Crippen molar-refractivity contribution in [3.8, 4) is 17.2 Å². The van der Waals surface area contributed by atoms with Crippen LogP contribution in [0.2, 0.25) is 0 Å². The number of benzene rings is 2. The van der Waals surface area contributed by atoms with E-state index in [2.05, 4.69) is 4.98 Å². The minimum absolute atomic E-state index is 0.0117. The van der Waals surface area contributed by atoms with Gasteiger partial charge in [0.25, 0.3) is 0 Å². The van der Waals surface area contributed by atoms with E-state index in [1.807, 2.05) is 42.5 Å². The van der Waals surface area contributed by atoms with E-state index in [0.29, 0.717) is 11.0 Å². The van der Waals surface area contributed by atoms with Gasteiger partial charge in [-0.2, -0.15) is 5.26 Å². The van der Waals surface area contributed by atoms with E-state index in [0.717, 1.165) is 22.0 Å². The van der Waals surface area contributed by atoms with Crippen molar-refractivity contribution in [2.75, 3.05) is 0 Å². The maximum Gasteiger partial charge on any atom is 0.210 e. The Hall–Kier alpha value is -3.45. The molecule has 0 aliphatic heterocycles. The van der Waals surface area contributed by atoms with Gasteiger partial charge in [-0.05, 0) is 29.8 Å². The fourth-order valence-electron chi connectivity index (χ4n) is 2.61. The van der Waals surface area contributed by atoms with E-state index in [9.17, 15) is 4.79 Å². The summed E-state index contributed by atoms with van der Waals surface area (Å²) in [6.07, 6.45) is 3.00. The number of pyridine rings is 1. The van der Waals surface area contributed by atoms with Crippen molar-refractivity contribution in [3.05, 3.63) is 76.8 Å². The third kappa shape index (κ3) is 2.16. The van der Waals surface area contributed by atoms with Crippen molar-refractivity contribution >= 4 is 21.9 Å². The van der Waals surface area contributed by atoms with Crippen molar-refractivity contribution in [2.24, 2.45) is 0 Å². The van der Waals surface area contributed by atoms with Gasteiger partial charge in [0.15, 0.2) is 0 Å². The monoisotopic (exact) mass is 298 g/mol. The molecule has 0 N–H and O–H groups in total. The topological polar surface area (TPSA) is 66.9 Å². The lowest BCUT2D eigenvalue weighted by Crippen LogP contribution is -2.05. The zero-order chi connectivity index (χ0) is 15.8. The molecule has 0 fully saturated rings. The summed E-state index contributed by atoms with van der Waals surface area (Å²) in [6, 6.07) is 17.1. The van der Waals surface area contributed by atoms with Crippen LogP contribution < -0.4 is 5.43 Å². The molecular weight excluding hydrogens is 288 g/mol. The first kappa shape index (κ1) is 13.2. The number of hydrogen-bond donors (Lipinski definition) is 0. The predicted octanol–water partition coefficient (Wildman–Crippen LogP) is 3.88. The molecule has 4 aromatic rings. The molecule has 0 bridgehead atoms. The van der Waals surface area contributed by atoms with Crippen LogP contribution in [0.1, 0.15) is 5.56 Å². The van der Waals surface area contributed by atoms with E-state index in [4.69, 9.17) is 9.68 Å². The van der Waals surface area contributed by atoms with Crippen molar-refractivity contribution in [2.45, 2.75) is 0 Å². The highest BCUT2D eigenvalue weighted by Gasteiger charge is 2.08. The average molecular weight is 298 g/mol. The molecule has 23 heavy (non-hydrogen) atoms. The second kappa shape index (κ2) is 5.08. The molecule has 4 heteroatoms. The Morgan fingerprint density at radius 2 is 1.91 bits per heavy atom. The lowest BCUT2D eigenvalue weighted by molar-refractivity contribution is 0.600. The van der Waals surface area contributed by atoms with Gasteiger partial charge in [-0.25, -0.2) is 0 Å². The molecule has 2 aromatic carbocycles. The summed E-state index contributed by atoms with van der Waals surface area (Å²) in [4.78, 5) is 16.5. The van der Waals surface area contributed by atoms with Crippen molar-refractivity contribution in [3.63, 3.8) is 0 Å². The lowest BCUT2D eigenvalue weighted by Gasteiger charge is -2.05. The summed E-state index contributed by atoms with van der Waals surface area (Å²) in [5.41, 5.74) is 2.94. The average Bonchev–Trinajstić information content (AvgIpc) is 2.61. The number of para-hydroxylation sites is 1. The van der Waals surface area contributed by atoms with E-state index in [1.54, 1.807) is 18.3 Å². The summed E-state index contributed by atoms with van der Waals surface area (Å²) >= 11 is 0. The highest BCUT2D eigenvalue weighted by Crippen LogP contribution is 2.25. The normalized spacial score (nSPS) is 10.7. The maximum atomic E-state index is 12.1. The van der Waals surface area contributed by atoms with Crippen LogP contribution >= 0.6 is 0 Å². The number of rotatable bonds is 1. The molecular formula is C19H10N2O2. The van der Waals surface area contributed by atoms with Crippen LogP contribution in [-0.4, -0.2) is 4.98 Å². The van der Waals surface area contributed by atoms with Crippen LogP contribution in [0, 0.1) is 11.3 Å². The first-order valence-corrected chi connectivity index (χ1v) is 7.07. The maximum absolute atomic E-state index is 12.1. The molecule has 0 atom stereocenters. The second-order valence-electron chi connectivity index (χ2n) is 5.22. The van der Waals surface area contributed by atoms with Crippen LogP contribution in [0.3, 0.4) is 0 Å². The Bertz CT molecular complexity index is 1150. The highest BCUT2D eigenvalue weighted by molar-refractivity contribution is 5.87. The lowest BCUT2D eigenvalue weighted by atomic mass is 10.0. The van der Waals surface area contributed by atoms with Gasteiger partial charge < -0.3 is 4.42 Å². The molecule has 4 nitrogen and oxygen atoms in total. The van der Waals surface area contributed by atoms with Crippen LogP contribution in [0.25, 0.3) is 33.0 Å². The number of hydrogen-bond acceptors (Lipinski definition) is 4. The number of fused-ring (bicyclic) bond motifs is 2. The van der Waals surface area contributed by atoms with Gasteiger partial charge in [-0.1, -0.05) is 24.3 Å². The largest absolute Gasteiger partial charge is 0.463 e. The quantitative estimate of drug-likeness (QED) is 0.535. The van der Waals surface area contributed by atoms with Crippen molar-refractivity contribution in [1.82, 2.24) is 4.98 Å². The Labute approximate surface area is 131 Å². The molecule has 0 unspecified atom stereocenters. The van der Waals surface area contributed by atoms with Crippen LogP contribution in [0.4, 0.5) is 0 Å². The van der Waals surface area contributed by atoms with E-state index < -0.39 is 0 Å². The summed E-state index contributed by atoms with van der Waals surface area (Å²) < 4.78 is 5.42. The first-order chi connectivity index (χ1) is 11.3. The smallest absolute Gasteiger partial charge is 0.210 e. The second-order valence-corrected chi connectivity index (χ2v) is 5.22. The molecule has 0 radical (unpaired) electrons. The molecule has 0 saturated heterocycles. The minimum atomic E-state index is -0.308. The van der Waals surface area contributed by atoms with Crippen LogP contribution in [-0.2, 0) is 0 Å². The standard InChI is InChI=1S/C19H10N2O2/c20-9-15-11-23-18-8-12(5-6-16(18)19(15)22)14-7-13-3-1-2-4-17(13)21-10-14/h1-8,10-11H. The Kier molecular flexibility index (Phi) is 2.92. The number of nitrogens with zero attached hydrogens (tertiary/aromatic N) is 2. The highest BCUT2D eigenvalue weighted by atomic mass is 16.3. The predicted molar refractivity (Wildman–Crippen MR) is 87.9 cm³/mol. The summed E-state index contributed by atoms with van der Waals surface area (Å²) in [5.74, 6) is 0. The van der Waals surface area contributed by atoms with Gasteiger partial charge in [-0.3, -0.25) is 9.78 Å². The number of nitriles is 1. The van der Waals surface area contributed by atoms with Crippen LogP contribution in [0.15, 0.2) is 70.2 Å². The third-order valence-corrected chi connectivity index (χ3v) is 3.82. The molecule has 0 spiro atoms. The summed E-state index contributed by atoms with van der Waals surface area (Å²) in [6.45, 7) is 0. The summed E-state index contributed by atoms with van der Waals surface area (Å²) in [7, 11) is 0. The molecule has 0 amide bonds. The molecule has 0 aliphatic rings. The molecule has 108 valence electrons. The first-order valence-electron chi connectivity index (χ1n) is 7.07. The van der Waals surface area contributed by atoms with Gasteiger partial charge in [-0.15, -0.1) is 0 Å². The van der Waals surface area contributed by atoms with Gasteiger partial charge in [0, 0.05) is 17.1 Å². The minimum Gasteiger partial charge on any atom is -0.463 e. The van der Waals surface area contributed by atoms with Gasteiger partial charge in [0.2, 0.25) is 5.43 Å². The molecule has 2 aromatic heterocycles. The molecule has 0 saturated carbocycles. The Morgan fingerprint density at radius 3 is 2.78 bits per heavy atom. The Balaban J connectivity index is 1.91. The number of aromatic nitrogens is 1. The van der Waals surface area contributed by atoms with E-state index in [-0.39, 0.29) is 11.0 Å². The molecule has 4 rings (SSSR count). The van der Waals surface area contributed by atoms with Crippen molar-refractivity contribution in [1.29, 1.82) is 5.26 Å². The zero-order valence-corrected chi connectivity index (χ0v) is 12.0. The fourth-order valence-corrected chi connectivity index (χ4v) is 2.61. The van der Waals surface area contributed by atoms with Gasteiger partial charge in [0.05, 0.1) is 10.9 Å². The zero-order valence-electron chi connectivity index (χ0n) is 12.0. The Morgan fingerprint density at radius 1 is 1.04 bits per heavy atom. The SMILES string of the molecule is N#Cc1coc2cc(-c3cnc4ccccc4c3)ccc2c1=O. The fraction of sp³-hybridized carbons (Fsp3) is 0. The van der Waals surface area contributed by atoms with Crippen molar-refractivity contribution < 1.29 is 4.42 Å². The van der Waals surface area contributed by atoms with E-state index in [1.165, 1.54) is 6.26 Å². The van der Waals surface area contributed by atoms with Gasteiger partial charge in [0.1, 0.15) is 23.5 Å². The van der Waals surface area contributed by atoms with Crippen LogP contribution in [0.5, 0.6) is 0 Å². The molecule has 0 aliphatic carbocycles. The molecule has 2 heterocycles. The van der Waals surface area contributed by atoms with Gasteiger partial charge >= 0.3 is 0 Å². The van der Waals surface area contributed by atoms with E-state index >= 15 is 0 Å².